The molecule has 0 spiro atoms. The van der Waals surface area contributed by atoms with Gasteiger partial charge in [0, 0.05) is 12.6 Å². The Morgan fingerprint density at radius 2 is 1.79 bits per heavy atom. The lowest BCUT2D eigenvalue weighted by atomic mass is 9.71. The van der Waals surface area contributed by atoms with E-state index in [0.717, 1.165) is 25.0 Å². The molecule has 1 aliphatic rings. The molecule has 1 aliphatic carbocycles. The van der Waals surface area contributed by atoms with Gasteiger partial charge in [-0.1, -0.05) is 55.2 Å². The Hall–Kier alpha value is -1.62. The summed E-state index contributed by atoms with van der Waals surface area (Å²) in [6.07, 6.45) is 8.76. The molecular formula is C23H33Cl2N3O. The molecule has 1 aromatic carbocycles. The van der Waals surface area contributed by atoms with E-state index in [1.807, 2.05) is 18.2 Å². The van der Waals surface area contributed by atoms with Crippen LogP contribution in [-0.2, 0) is 11.2 Å². The SMILES string of the molecule is Cc1ccc(CC(NC(=O)CC2(CN)CCCCC2)c2ccccn2)cc1.Cl.Cl. The van der Waals surface area contributed by atoms with E-state index >= 15 is 0 Å². The maximum Gasteiger partial charge on any atom is 0.221 e. The summed E-state index contributed by atoms with van der Waals surface area (Å²) in [5.41, 5.74) is 9.38. The highest BCUT2D eigenvalue weighted by Gasteiger charge is 2.33. The third-order valence-electron chi connectivity index (χ3n) is 5.82. The Bertz CT molecular complexity index is 732. The van der Waals surface area contributed by atoms with Gasteiger partial charge in [0.05, 0.1) is 11.7 Å². The molecular weight excluding hydrogens is 405 g/mol. The molecule has 3 N–H and O–H groups in total. The van der Waals surface area contributed by atoms with Crippen molar-refractivity contribution < 1.29 is 4.79 Å². The molecule has 3 rings (SSSR count). The summed E-state index contributed by atoms with van der Waals surface area (Å²) in [7, 11) is 0. The summed E-state index contributed by atoms with van der Waals surface area (Å²) in [6.45, 7) is 2.67. The quantitative estimate of drug-likeness (QED) is 0.644. The van der Waals surface area contributed by atoms with Crippen LogP contribution < -0.4 is 11.1 Å². The Morgan fingerprint density at radius 1 is 1.10 bits per heavy atom. The highest BCUT2D eigenvalue weighted by molar-refractivity contribution is 5.85. The molecule has 4 nitrogen and oxygen atoms in total. The van der Waals surface area contributed by atoms with E-state index in [1.165, 1.54) is 30.4 Å². The summed E-state index contributed by atoms with van der Waals surface area (Å²) < 4.78 is 0. The molecule has 6 heteroatoms. The van der Waals surface area contributed by atoms with Crippen LogP contribution in [0.4, 0.5) is 0 Å². The molecule has 29 heavy (non-hydrogen) atoms. The van der Waals surface area contributed by atoms with Gasteiger partial charge in [0.2, 0.25) is 5.91 Å². The number of nitrogens with one attached hydrogen (secondary N) is 1. The fourth-order valence-corrected chi connectivity index (χ4v) is 4.11. The van der Waals surface area contributed by atoms with Crippen molar-refractivity contribution in [3.8, 4) is 0 Å². The molecule has 1 heterocycles. The van der Waals surface area contributed by atoms with Crippen LogP contribution in [0.2, 0.25) is 0 Å². The molecule has 0 radical (unpaired) electrons. The van der Waals surface area contributed by atoms with E-state index in [9.17, 15) is 4.79 Å². The highest BCUT2D eigenvalue weighted by atomic mass is 35.5. The number of nitrogens with zero attached hydrogens (tertiary/aromatic N) is 1. The molecule has 1 fully saturated rings. The molecule has 1 amide bonds. The lowest BCUT2D eigenvalue weighted by Gasteiger charge is -2.36. The third kappa shape index (κ3) is 7.29. The van der Waals surface area contributed by atoms with Crippen molar-refractivity contribution >= 4 is 30.7 Å². The third-order valence-corrected chi connectivity index (χ3v) is 5.82. The highest BCUT2D eigenvalue weighted by Crippen LogP contribution is 2.38. The Morgan fingerprint density at radius 3 is 2.38 bits per heavy atom. The number of carbonyl (C=O) groups is 1. The van der Waals surface area contributed by atoms with Gasteiger partial charge < -0.3 is 11.1 Å². The standard InChI is InChI=1S/C23H31N3O.2ClH/c1-18-8-10-19(11-9-18)15-21(20-7-3-6-14-25-20)26-22(27)16-23(17-24)12-4-2-5-13-23;;/h3,6-11,14,21H,2,4-5,12-13,15-17,24H2,1H3,(H,26,27);2*1H. The zero-order valence-corrected chi connectivity index (χ0v) is 18.7. The van der Waals surface area contributed by atoms with Gasteiger partial charge in [0.1, 0.15) is 0 Å². The van der Waals surface area contributed by atoms with Crippen LogP contribution in [0.25, 0.3) is 0 Å². The molecule has 1 atom stereocenters. The molecule has 160 valence electrons. The van der Waals surface area contributed by atoms with Crippen LogP contribution in [0.5, 0.6) is 0 Å². The van der Waals surface area contributed by atoms with Gasteiger partial charge in [-0.3, -0.25) is 9.78 Å². The number of carbonyl (C=O) groups excluding carboxylic acids is 1. The number of rotatable bonds is 7. The second-order valence-electron chi connectivity index (χ2n) is 8.01. The number of benzene rings is 1. The second-order valence-corrected chi connectivity index (χ2v) is 8.01. The first-order chi connectivity index (χ1) is 13.1. The van der Waals surface area contributed by atoms with Crippen LogP contribution in [0.15, 0.2) is 48.7 Å². The largest absolute Gasteiger partial charge is 0.347 e. The average molecular weight is 438 g/mol. The van der Waals surface area contributed by atoms with Gasteiger partial charge in [0.15, 0.2) is 0 Å². The predicted octanol–water partition coefficient (Wildman–Crippen LogP) is 4.93. The van der Waals surface area contributed by atoms with Crippen molar-refractivity contribution in [1.82, 2.24) is 10.3 Å². The van der Waals surface area contributed by atoms with Crippen molar-refractivity contribution in [3.63, 3.8) is 0 Å². The number of aryl methyl sites for hydroxylation is 1. The fourth-order valence-electron chi connectivity index (χ4n) is 4.11. The van der Waals surface area contributed by atoms with Crippen molar-refractivity contribution in [2.24, 2.45) is 11.1 Å². The lowest BCUT2D eigenvalue weighted by molar-refractivity contribution is -0.124. The summed E-state index contributed by atoms with van der Waals surface area (Å²) >= 11 is 0. The van der Waals surface area contributed by atoms with Crippen LogP contribution in [0, 0.1) is 12.3 Å². The van der Waals surface area contributed by atoms with E-state index in [0.29, 0.717) is 13.0 Å². The van der Waals surface area contributed by atoms with Crippen molar-refractivity contribution in [2.75, 3.05) is 6.54 Å². The number of hydrogen-bond donors (Lipinski definition) is 2. The first-order valence-corrected chi connectivity index (χ1v) is 10.1. The minimum atomic E-state index is -0.125. The number of hydrogen-bond acceptors (Lipinski definition) is 3. The van der Waals surface area contributed by atoms with Crippen LogP contribution in [-0.4, -0.2) is 17.4 Å². The number of aromatic nitrogens is 1. The zero-order valence-electron chi connectivity index (χ0n) is 17.1. The monoisotopic (exact) mass is 437 g/mol. The van der Waals surface area contributed by atoms with E-state index < -0.39 is 0 Å². The Labute approximate surface area is 186 Å². The van der Waals surface area contributed by atoms with Crippen molar-refractivity contribution in [2.45, 2.75) is 57.9 Å². The predicted molar refractivity (Wildman–Crippen MR) is 124 cm³/mol. The smallest absolute Gasteiger partial charge is 0.221 e. The summed E-state index contributed by atoms with van der Waals surface area (Å²) in [5, 5.41) is 3.25. The van der Waals surface area contributed by atoms with Crippen LogP contribution in [0.3, 0.4) is 0 Å². The number of nitrogens with two attached hydrogens (primary N) is 1. The first-order valence-electron chi connectivity index (χ1n) is 10.1. The van der Waals surface area contributed by atoms with Gasteiger partial charge in [-0.2, -0.15) is 0 Å². The molecule has 1 unspecified atom stereocenters. The average Bonchev–Trinajstić information content (AvgIpc) is 2.70. The van der Waals surface area contributed by atoms with Gasteiger partial charge in [-0.05, 0) is 55.8 Å². The van der Waals surface area contributed by atoms with Gasteiger partial charge >= 0.3 is 0 Å². The fraction of sp³-hybridized carbons (Fsp3) is 0.478. The van der Waals surface area contributed by atoms with Crippen molar-refractivity contribution in [1.29, 1.82) is 0 Å². The van der Waals surface area contributed by atoms with E-state index in [2.05, 4.69) is 41.5 Å². The maximum absolute atomic E-state index is 12.9. The second kappa shape index (κ2) is 12.2. The summed E-state index contributed by atoms with van der Waals surface area (Å²) in [6, 6.07) is 14.2. The minimum Gasteiger partial charge on any atom is -0.347 e. The number of halogens is 2. The van der Waals surface area contributed by atoms with E-state index in [1.54, 1.807) is 6.20 Å². The van der Waals surface area contributed by atoms with Crippen LogP contribution in [0.1, 0.15) is 61.4 Å². The molecule has 0 saturated heterocycles. The van der Waals surface area contributed by atoms with Gasteiger partial charge in [-0.25, -0.2) is 0 Å². The topological polar surface area (TPSA) is 68.0 Å². The van der Waals surface area contributed by atoms with Gasteiger partial charge in [-0.15, -0.1) is 24.8 Å². The zero-order chi connectivity index (χ0) is 19.1. The summed E-state index contributed by atoms with van der Waals surface area (Å²) in [5.74, 6) is 0.0881. The molecule has 2 aromatic rings. The summed E-state index contributed by atoms with van der Waals surface area (Å²) in [4.78, 5) is 17.4. The Balaban J connectivity index is 0.00000210. The molecule has 1 aromatic heterocycles. The lowest BCUT2D eigenvalue weighted by Crippen LogP contribution is -2.40. The van der Waals surface area contributed by atoms with Crippen LogP contribution >= 0.6 is 24.8 Å². The van der Waals surface area contributed by atoms with E-state index in [4.69, 9.17) is 5.73 Å². The first kappa shape index (κ1) is 25.4. The number of pyridine rings is 1. The number of amides is 1. The molecule has 1 saturated carbocycles. The van der Waals surface area contributed by atoms with E-state index in [-0.39, 0.29) is 42.2 Å². The molecule has 0 bridgehead atoms. The van der Waals surface area contributed by atoms with Gasteiger partial charge in [0.25, 0.3) is 0 Å². The maximum atomic E-state index is 12.9. The normalized spacial score (nSPS) is 16.1. The Kier molecular flexibility index (Phi) is 10.7. The van der Waals surface area contributed by atoms with Crippen molar-refractivity contribution in [3.05, 3.63) is 65.5 Å². The minimum absolute atomic E-state index is 0. The molecule has 0 aliphatic heterocycles.